The highest BCUT2D eigenvalue weighted by atomic mass is 32.2. The Morgan fingerprint density at radius 3 is 2.07 bits per heavy atom. The Kier molecular flexibility index (Phi) is 8.03. The molecule has 17 heteroatoms. The Balaban J connectivity index is 0.000000145. The zero-order chi connectivity index (χ0) is 31.0. The van der Waals surface area contributed by atoms with E-state index in [1.165, 1.54) is 25.2 Å². The van der Waals surface area contributed by atoms with E-state index in [0.29, 0.717) is 25.3 Å². The van der Waals surface area contributed by atoms with Gasteiger partial charge in [-0.25, -0.2) is 34.8 Å². The molecule has 0 unspecified atom stereocenters. The summed E-state index contributed by atoms with van der Waals surface area (Å²) in [6, 6.07) is 19.6. The molecule has 0 spiro atoms. The number of fused-ring (bicyclic) bond motifs is 3. The molecule has 3 aromatic carbocycles. The third-order valence-corrected chi connectivity index (χ3v) is 9.64. The van der Waals surface area contributed by atoms with Crippen LogP contribution in [0.1, 0.15) is 11.1 Å². The highest BCUT2D eigenvalue weighted by molar-refractivity contribution is 7.92. The van der Waals surface area contributed by atoms with E-state index in [1.807, 2.05) is 0 Å². The van der Waals surface area contributed by atoms with E-state index in [1.54, 1.807) is 54.6 Å². The fourth-order valence-corrected chi connectivity index (χ4v) is 6.90. The summed E-state index contributed by atoms with van der Waals surface area (Å²) in [7, 11) is -9.23. The molecule has 1 N–H and O–H groups in total. The van der Waals surface area contributed by atoms with Crippen molar-refractivity contribution in [3.63, 3.8) is 0 Å². The van der Waals surface area contributed by atoms with Gasteiger partial charge in [-0.05, 0) is 30.3 Å². The number of nitrogens with one attached hydrogen (secondary N) is 1. The summed E-state index contributed by atoms with van der Waals surface area (Å²) >= 11 is 0. The SMILES string of the molecule is CN1C(=N)c2ccccc2S1(=O)=O.CS(=O)(=O)N1C(=O)OCc2ccccc21.CS(=O)(=O)n1oc(=O)c2ccccc21. The number of carbonyl (C=O) groups excluding carboxylic acids is 1. The summed E-state index contributed by atoms with van der Waals surface area (Å²) in [4.78, 5) is 22.7. The Morgan fingerprint density at radius 1 is 0.833 bits per heavy atom. The molecule has 2 aliphatic rings. The van der Waals surface area contributed by atoms with E-state index >= 15 is 0 Å². The Labute approximate surface area is 241 Å². The number of hydrogen-bond acceptors (Lipinski definition) is 11. The molecule has 0 aliphatic carbocycles. The summed E-state index contributed by atoms with van der Waals surface area (Å²) in [5.74, 6) is 0.0376. The molecular formula is C25H24N4O10S3. The van der Waals surface area contributed by atoms with Crippen LogP contribution < -0.4 is 9.93 Å². The van der Waals surface area contributed by atoms with E-state index in [9.17, 15) is 34.8 Å². The van der Waals surface area contributed by atoms with Crippen LogP contribution in [-0.2, 0) is 41.4 Å². The quantitative estimate of drug-likeness (QED) is 0.341. The van der Waals surface area contributed by atoms with Crippen molar-refractivity contribution in [2.75, 3.05) is 23.9 Å². The second-order valence-electron chi connectivity index (χ2n) is 8.91. The highest BCUT2D eigenvalue weighted by Gasteiger charge is 2.35. The van der Waals surface area contributed by atoms with Gasteiger partial charge in [-0.3, -0.25) is 9.71 Å². The van der Waals surface area contributed by atoms with Crippen molar-refractivity contribution < 1.29 is 39.3 Å². The zero-order valence-electron chi connectivity index (χ0n) is 22.3. The average molecular weight is 637 g/mol. The van der Waals surface area contributed by atoms with Crippen LogP contribution in [-0.4, -0.2) is 65.2 Å². The fraction of sp³-hybridized carbons (Fsp3) is 0.160. The molecule has 0 fully saturated rings. The number of aromatic nitrogens is 1. The lowest BCUT2D eigenvalue weighted by molar-refractivity contribution is 0.147. The van der Waals surface area contributed by atoms with Crippen LogP contribution in [0.2, 0.25) is 0 Å². The first-order valence-corrected chi connectivity index (χ1v) is 16.9. The smallest absolute Gasteiger partial charge is 0.428 e. The predicted octanol–water partition coefficient (Wildman–Crippen LogP) is 2.15. The maximum atomic E-state index is 11.6. The zero-order valence-corrected chi connectivity index (χ0v) is 24.7. The summed E-state index contributed by atoms with van der Waals surface area (Å²) in [6.07, 6.45) is 1.09. The van der Waals surface area contributed by atoms with Gasteiger partial charge < -0.3 is 9.26 Å². The summed E-state index contributed by atoms with van der Waals surface area (Å²) < 4.78 is 79.9. The molecule has 0 saturated heterocycles. The van der Waals surface area contributed by atoms with Gasteiger partial charge in [0.25, 0.3) is 20.0 Å². The number of carbonyl (C=O) groups is 1. The van der Waals surface area contributed by atoms with Gasteiger partial charge in [0.1, 0.15) is 18.0 Å². The summed E-state index contributed by atoms with van der Waals surface area (Å²) in [5.41, 5.74) is 1.15. The number of amidine groups is 1. The second-order valence-corrected chi connectivity index (χ2v) is 14.5. The summed E-state index contributed by atoms with van der Waals surface area (Å²) in [6.45, 7) is 0.112. The van der Waals surface area contributed by atoms with Crippen molar-refractivity contribution in [3.05, 3.63) is 94.3 Å². The minimum absolute atomic E-state index is 0.0376. The number of hydrogen-bond donors (Lipinski definition) is 1. The van der Waals surface area contributed by atoms with Crippen LogP contribution in [0.4, 0.5) is 10.5 Å². The largest absolute Gasteiger partial charge is 0.443 e. The number of nitrogens with zero attached hydrogens (tertiary/aromatic N) is 3. The van der Waals surface area contributed by atoms with Crippen LogP contribution in [0, 0.1) is 5.41 Å². The van der Waals surface area contributed by atoms with Gasteiger partial charge in [0.05, 0.1) is 28.5 Å². The lowest BCUT2D eigenvalue weighted by atomic mass is 10.2. The maximum absolute atomic E-state index is 11.6. The molecule has 4 aromatic rings. The van der Waals surface area contributed by atoms with Crippen molar-refractivity contribution in [1.29, 1.82) is 5.41 Å². The molecule has 0 radical (unpaired) electrons. The molecule has 6 rings (SSSR count). The van der Waals surface area contributed by atoms with Crippen LogP contribution in [0.5, 0.6) is 0 Å². The van der Waals surface area contributed by atoms with E-state index < -0.39 is 41.8 Å². The van der Waals surface area contributed by atoms with Crippen LogP contribution in [0.25, 0.3) is 10.9 Å². The molecule has 3 heterocycles. The lowest BCUT2D eigenvalue weighted by Gasteiger charge is -2.26. The third kappa shape index (κ3) is 5.79. The van der Waals surface area contributed by atoms with Crippen LogP contribution >= 0.6 is 0 Å². The van der Waals surface area contributed by atoms with Gasteiger partial charge in [0.15, 0.2) is 0 Å². The third-order valence-electron chi connectivity index (χ3n) is 5.94. The van der Waals surface area contributed by atoms with Crippen molar-refractivity contribution in [2.24, 2.45) is 0 Å². The Bertz CT molecular complexity index is 2100. The van der Waals surface area contributed by atoms with E-state index in [4.69, 9.17) is 10.1 Å². The highest BCUT2D eigenvalue weighted by Crippen LogP contribution is 2.29. The summed E-state index contributed by atoms with van der Waals surface area (Å²) in [5, 5.41) is 7.80. The average Bonchev–Trinajstić information content (AvgIpc) is 3.36. The number of sulfonamides is 2. The first kappa shape index (κ1) is 30.5. The minimum atomic E-state index is -3.63. The van der Waals surface area contributed by atoms with Crippen LogP contribution in [0.15, 0.2) is 87.0 Å². The molecule has 2 aliphatic heterocycles. The van der Waals surface area contributed by atoms with Crippen LogP contribution in [0.3, 0.4) is 0 Å². The first-order valence-electron chi connectivity index (χ1n) is 11.8. The molecule has 14 nitrogen and oxygen atoms in total. The van der Waals surface area contributed by atoms with Gasteiger partial charge in [-0.2, -0.15) is 4.31 Å². The number of para-hydroxylation sites is 2. The predicted molar refractivity (Wildman–Crippen MR) is 153 cm³/mol. The van der Waals surface area contributed by atoms with Gasteiger partial charge in [-0.15, -0.1) is 0 Å². The first-order chi connectivity index (χ1) is 19.5. The van der Waals surface area contributed by atoms with Crippen molar-refractivity contribution in [1.82, 2.24) is 8.45 Å². The topological polar surface area (TPSA) is 194 Å². The number of ether oxygens (including phenoxy) is 1. The molecular weight excluding hydrogens is 612 g/mol. The molecule has 1 amide bonds. The molecule has 222 valence electrons. The van der Waals surface area contributed by atoms with Crippen molar-refractivity contribution >= 4 is 58.6 Å². The fourth-order valence-electron chi connectivity index (χ4n) is 3.99. The normalized spacial score (nSPS) is 15.5. The minimum Gasteiger partial charge on any atom is -0.443 e. The number of rotatable bonds is 2. The monoisotopic (exact) mass is 636 g/mol. The standard InChI is InChI=1S/C9H9NO4S.C8H8N2O2S.C8H7NO4S/c1-15(12,13)10-8-5-3-2-4-7(8)6-14-9(10)11;1-10-8(9)6-4-2-3-5-7(6)13(10,11)12;1-14(11,12)9-7-5-3-2-4-6(7)8(10)13-9/h2-5H,6H2,1H3;2-5,9H,1H3;2-5H,1H3. The maximum Gasteiger partial charge on any atom is 0.428 e. The van der Waals surface area contributed by atoms with E-state index in [0.717, 1.165) is 16.8 Å². The van der Waals surface area contributed by atoms with E-state index in [2.05, 4.69) is 4.52 Å². The molecule has 0 atom stereocenters. The van der Waals surface area contributed by atoms with Crippen molar-refractivity contribution in [3.8, 4) is 0 Å². The Morgan fingerprint density at radius 2 is 1.43 bits per heavy atom. The molecule has 0 bridgehead atoms. The van der Waals surface area contributed by atoms with Gasteiger partial charge >= 0.3 is 11.7 Å². The second kappa shape index (κ2) is 11.1. The molecule has 1 aromatic heterocycles. The van der Waals surface area contributed by atoms with E-state index in [-0.39, 0.29) is 28.2 Å². The van der Waals surface area contributed by atoms with Gasteiger partial charge in [0, 0.05) is 18.2 Å². The number of cyclic esters (lactones) is 1. The number of anilines is 1. The number of benzene rings is 3. The Hall–Kier alpha value is -4.48. The number of amides is 1. The van der Waals surface area contributed by atoms with Crippen molar-refractivity contribution in [2.45, 2.75) is 11.5 Å². The van der Waals surface area contributed by atoms with Gasteiger partial charge in [-0.1, -0.05) is 46.6 Å². The molecule has 0 saturated carbocycles. The molecule has 42 heavy (non-hydrogen) atoms. The lowest BCUT2D eigenvalue weighted by Crippen LogP contribution is -2.39. The van der Waals surface area contributed by atoms with Gasteiger partial charge in [0.2, 0.25) is 10.0 Å².